The minimum atomic E-state index is 0.319. The number of nitrogens with one attached hydrogen (secondary N) is 1. The summed E-state index contributed by atoms with van der Waals surface area (Å²) >= 11 is 0. The molecule has 2 N–H and O–H groups in total. The van der Waals surface area contributed by atoms with Crippen molar-refractivity contribution in [3.63, 3.8) is 0 Å². The fraction of sp³-hybridized carbons (Fsp3) is 0.500. The molecule has 0 atom stereocenters. The molecule has 0 saturated carbocycles. The number of para-hydroxylation sites is 1. The zero-order valence-corrected chi connectivity index (χ0v) is 10.5. The van der Waals surface area contributed by atoms with Gasteiger partial charge in [0.05, 0.1) is 17.5 Å². The second-order valence-electron chi connectivity index (χ2n) is 5.02. The van der Waals surface area contributed by atoms with E-state index in [1.165, 1.54) is 18.5 Å². The van der Waals surface area contributed by atoms with Crippen LogP contribution in [0, 0.1) is 5.92 Å². The third-order valence-corrected chi connectivity index (χ3v) is 3.92. The molecular weight excluding hydrogens is 226 g/mol. The number of aliphatic hydroxyl groups is 1. The maximum absolute atomic E-state index is 8.99. The van der Waals surface area contributed by atoms with Gasteiger partial charge in [0.2, 0.25) is 0 Å². The van der Waals surface area contributed by atoms with Crippen molar-refractivity contribution in [1.82, 2.24) is 9.97 Å². The zero-order valence-electron chi connectivity index (χ0n) is 10.5. The van der Waals surface area contributed by atoms with E-state index >= 15 is 0 Å². The molecule has 0 bridgehead atoms. The molecule has 0 radical (unpaired) electrons. The Hall–Kier alpha value is -1.55. The summed E-state index contributed by atoms with van der Waals surface area (Å²) in [4.78, 5) is 9.98. The van der Waals surface area contributed by atoms with Crippen LogP contribution in [0.25, 0.3) is 11.0 Å². The molecule has 18 heavy (non-hydrogen) atoms. The van der Waals surface area contributed by atoms with E-state index < -0.39 is 0 Å². The summed E-state index contributed by atoms with van der Waals surface area (Å²) in [5.41, 5.74) is 3.40. The van der Waals surface area contributed by atoms with Crippen LogP contribution in [0.1, 0.15) is 19.3 Å². The highest BCUT2D eigenvalue weighted by molar-refractivity contribution is 5.88. The second kappa shape index (κ2) is 4.98. The lowest BCUT2D eigenvalue weighted by molar-refractivity contribution is 0.240. The predicted octanol–water partition coefficient (Wildman–Crippen LogP) is 2.16. The Bertz CT molecular complexity index is 514. The van der Waals surface area contributed by atoms with Crippen molar-refractivity contribution in [1.29, 1.82) is 0 Å². The van der Waals surface area contributed by atoms with E-state index in [9.17, 15) is 0 Å². The summed E-state index contributed by atoms with van der Waals surface area (Å²) in [6.07, 6.45) is 5.04. The number of rotatable bonds is 3. The summed E-state index contributed by atoms with van der Waals surface area (Å²) in [6, 6.07) is 6.29. The van der Waals surface area contributed by atoms with Gasteiger partial charge in [-0.3, -0.25) is 0 Å². The number of H-pyrrole nitrogens is 1. The summed E-state index contributed by atoms with van der Waals surface area (Å²) in [7, 11) is 0. The van der Waals surface area contributed by atoms with Gasteiger partial charge < -0.3 is 15.0 Å². The van der Waals surface area contributed by atoms with Crippen LogP contribution in [0.15, 0.2) is 24.5 Å². The molecule has 4 nitrogen and oxygen atoms in total. The minimum Gasteiger partial charge on any atom is -0.396 e. The highest BCUT2D eigenvalue weighted by Gasteiger charge is 2.20. The number of aromatic amines is 1. The number of nitrogens with zero attached hydrogens (tertiary/aromatic N) is 2. The number of aliphatic hydroxyl groups excluding tert-OH is 1. The summed E-state index contributed by atoms with van der Waals surface area (Å²) in [6.45, 7) is 2.45. The van der Waals surface area contributed by atoms with Crippen LogP contribution >= 0.6 is 0 Å². The number of aromatic nitrogens is 2. The van der Waals surface area contributed by atoms with Gasteiger partial charge >= 0.3 is 0 Å². The van der Waals surface area contributed by atoms with E-state index in [-0.39, 0.29) is 0 Å². The zero-order chi connectivity index (χ0) is 12.4. The van der Waals surface area contributed by atoms with Crippen LogP contribution in [-0.4, -0.2) is 34.8 Å². The molecule has 2 heterocycles. The van der Waals surface area contributed by atoms with Crippen molar-refractivity contribution < 1.29 is 5.11 Å². The quantitative estimate of drug-likeness (QED) is 0.871. The van der Waals surface area contributed by atoms with Crippen molar-refractivity contribution in [2.75, 3.05) is 24.6 Å². The van der Waals surface area contributed by atoms with Crippen molar-refractivity contribution in [2.24, 2.45) is 5.92 Å². The van der Waals surface area contributed by atoms with Gasteiger partial charge in [0.15, 0.2) is 0 Å². The first-order valence-electron chi connectivity index (χ1n) is 6.66. The fourth-order valence-corrected chi connectivity index (χ4v) is 2.85. The molecular formula is C14H19N3O. The smallest absolute Gasteiger partial charge is 0.112 e. The number of hydrogen-bond donors (Lipinski definition) is 2. The standard InChI is InChI=1S/C14H19N3O/c18-9-6-11-4-7-17(8-5-11)13-3-1-2-12-14(13)16-10-15-12/h1-3,10-11,18H,4-9H2,(H,15,16). The number of piperidine rings is 1. The lowest BCUT2D eigenvalue weighted by Gasteiger charge is -2.33. The first-order valence-corrected chi connectivity index (χ1v) is 6.66. The SMILES string of the molecule is OCCC1CCN(c2cccc3[nH]cnc23)CC1. The molecule has 1 aliphatic heterocycles. The van der Waals surface area contributed by atoms with Gasteiger partial charge in [-0.2, -0.15) is 0 Å². The van der Waals surface area contributed by atoms with E-state index in [2.05, 4.69) is 33.1 Å². The van der Waals surface area contributed by atoms with Gasteiger partial charge in [0.1, 0.15) is 5.52 Å². The lowest BCUT2D eigenvalue weighted by atomic mass is 9.93. The minimum absolute atomic E-state index is 0.319. The Balaban J connectivity index is 1.78. The Morgan fingerprint density at radius 3 is 2.94 bits per heavy atom. The molecule has 0 aliphatic carbocycles. The monoisotopic (exact) mass is 245 g/mol. The Morgan fingerprint density at radius 1 is 1.33 bits per heavy atom. The summed E-state index contributed by atoms with van der Waals surface area (Å²) in [5, 5.41) is 8.99. The lowest BCUT2D eigenvalue weighted by Crippen LogP contribution is -2.34. The van der Waals surface area contributed by atoms with E-state index in [1.54, 1.807) is 6.33 Å². The number of hydrogen-bond acceptors (Lipinski definition) is 3. The van der Waals surface area contributed by atoms with Gasteiger partial charge in [-0.05, 0) is 37.3 Å². The molecule has 1 aliphatic rings. The van der Waals surface area contributed by atoms with Crippen molar-refractivity contribution >= 4 is 16.7 Å². The number of fused-ring (bicyclic) bond motifs is 1. The van der Waals surface area contributed by atoms with Crippen molar-refractivity contribution in [3.05, 3.63) is 24.5 Å². The summed E-state index contributed by atoms with van der Waals surface area (Å²) in [5.74, 6) is 0.685. The second-order valence-corrected chi connectivity index (χ2v) is 5.02. The van der Waals surface area contributed by atoms with Crippen LogP contribution in [0.3, 0.4) is 0 Å². The molecule has 0 amide bonds. The molecule has 4 heteroatoms. The van der Waals surface area contributed by atoms with E-state index in [0.717, 1.165) is 30.5 Å². The normalized spacial score (nSPS) is 17.5. The number of imidazole rings is 1. The molecule has 1 fully saturated rings. The molecule has 96 valence electrons. The fourth-order valence-electron chi connectivity index (χ4n) is 2.85. The van der Waals surface area contributed by atoms with Crippen LogP contribution in [-0.2, 0) is 0 Å². The Morgan fingerprint density at radius 2 is 2.17 bits per heavy atom. The molecule has 3 rings (SSSR count). The number of benzene rings is 1. The van der Waals surface area contributed by atoms with Gasteiger partial charge in [0.25, 0.3) is 0 Å². The average Bonchev–Trinajstić information content (AvgIpc) is 2.88. The van der Waals surface area contributed by atoms with Gasteiger partial charge in [-0.1, -0.05) is 6.07 Å². The predicted molar refractivity (Wildman–Crippen MR) is 72.7 cm³/mol. The van der Waals surface area contributed by atoms with Crippen LogP contribution in [0.4, 0.5) is 5.69 Å². The third kappa shape index (κ3) is 2.08. The first-order chi connectivity index (χ1) is 8.88. The van der Waals surface area contributed by atoms with Gasteiger partial charge in [-0.25, -0.2) is 4.98 Å². The van der Waals surface area contributed by atoms with Crippen molar-refractivity contribution in [2.45, 2.75) is 19.3 Å². The van der Waals surface area contributed by atoms with Gasteiger partial charge in [0, 0.05) is 19.7 Å². The van der Waals surface area contributed by atoms with Crippen LogP contribution in [0.2, 0.25) is 0 Å². The molecule has 0 spiro atoms. The highest BCUT2D eigenvalue weighted by Crippen LogP contribution is 2.29. The Labute approximate surface area is 107 Å². The number of anilines is 1. The molecule has 2 aromatic rings. The largest absolute Gasteiger partial charge is 0.396 e. The summed E-state index contributed by atoms with van der Waals surface area (Å²) < 4.78 is 0. The topological polar surface area (TPSA) is 52.1 Å². The Kier molecular flexibility index (Phi) is 3.19. The maximum Gasteiger partial charge on any atom is 0.112 e. The molecule has 1 aromatic carbocycles. The highest BCUT2D eigenvalue weighted by atomic mass is 16.3. The molecule has 1 saturated heterocycles. The maximum atomic E-state index is 8.99. The van der Waals surface area contributed by atoms with Crippen LogP contribution < -0.4 is 4.90 Å². The third-order valence-electron chi connectivity index (χ3n) is 3.92. The van der Waals surface area contributed by atoms with Crippen LogP contribution in [0.5, 0.6) is 0 Å². The molecule has 1 aromatic heterocycles. The van der Waals surface area contributed by atoms with E-state index in [0.29, 0.717) is 12.5 Å². The first kappa shape index (κ1) is 11.5. The molecule has 0 unspecified atom stereocenters. The average molecular weight is 245 g/mol. The van der Waals surface area contributed by atoms with Gasteiger partial charge in [-0.15, -0.1) is 0 Å². The van der Waals surface area contributed by atoms with Crippen molar-refractivity contribution in [3.8, 4) is 0 Å². The van der Waals surface area contributed by atoms with E-state index in [1.807, 2.05) is 0 Å². The van der Waals surface area contributed by atoms with E-state index in [4.69, 9.17) is 5.11 Å².